The van der Waals surface area contributed by atoms with Crippen LogP contribution in [-0.2, 0) is 4.79 Å². The van der Waals surface area contributed by atoms with Gasteiger partial charge in [-0.25, -0.2) is 0 Å². The zero-order chi connectivity index (χ0) is 11.8. The van der Waals surface area contributed by atoms with Crippen molar-refractivity contribution in [1.82, 2.24) is 0 Å². The van der Waals surface area contributed by atoms with Gasteiger partial charge in [-0.3, -0.25) is 4.79 Å². The fraction of sp³-hybridized carbons (Fsp3) is 0.769. The maximum absolute atomic E-state index is 11.7. The highest BCUT2D eigenvalue weighted by Crippen LogP contribution is 2.26. The molecule has 0 aromatic heterocycles. The topological polar surface area (TPSA) is 17.1 Å². The molecule has 0 aromatic carbocycles. The Morgan fingerprint density at radius 3 is 2.50 bits per heavy atom. The number of allylic oxidation sites excluding steroid dienone is 1. The summed E-state index contributed by atoms with van der Waals surface area (Å²) in [5, 5.41) is 0. The Kier molecular flexibility index (Phi) is 6.27. The summed E-state index contributed by atoms with van der Waals surface area (Å²) in [5.41, 5.74) is 0. The van der Waals surface area contributed by atoms with E-state index in [0.29, 0.717) is 18.1 Å². The van der Waals surface area contributed by atoms with Crippen molar-refractivity contribution in [3.05, 3.63) is 12.2 Å². The molecular weight excluding hydrogens is 210 g/mol. The first kappa shape index (κ1) is 13.3. The van der Waals surface area contributed by atoms with Gasteiger partial charge in [-0.05, 0) is 37.7 Å². The third-order valence-electron chi connectivity index (χ3n) is 3.28. The second-order valence-corrected chi connectivity index (χ2v) is 4.61. The first-order valence-electron chi connectivity index (χ1n) is 6.21. The molecule has 3 heteroatoms. The van der Waals surface area contributed by atoms with Gasteiger partial charge in [0.1, 0.15) is 5.78 Å². The van der Waals surface area contributed by atoms with Gasteiger partial charge in [-0.2, -0.15) is 8.78 Å². The van der Waals surface area contributed by atoms with E-state index in [-0.39, 0.29) is 0 Å². The standard InChI is InChI=1S/C13H20F2O/c14-13(15)6-4-2-1-3-5-11-7-9-12(16)10-8-11/h6,11H,1-5,7-10H2. The van der Waals surface area contributed by atoms with Crippen LogP contribution in [0.15, 0.2) is 12.2 Å². The van der Waals surface area contributed by atoms with Crippen molar-refractivity contribution in [2.75, 3.05) is 0 Å². The third kappa shape index (κ3) is 5.99. The predicted molar refractivity (Wildman–Crippen MR) is 60.3 cm³/mol. The van der Waals surface area contributed by atoms with Crippen LogP contribution in [0.25, 0.3) is 0 Å². The molecule has 1 nitrogen and oxygen atoms in total. The molecule has 0 unspecified atom stereocenters. The summed E-state index contributed by atoms with van der Waals surface area (Å²) >= 11 is 0. The number of carbonyl (C=O) groups excluding carboxylic acids is 1. The SMILES string of the molecule is O=C1CCC(CCCCCC=C(F)F)CC1. The van der Waals surface area contributed by atoms with Gasteiger partial charge in [-0.15, -0.1) is 0 Å². The third-order valence-corrected chi connectivity index (χ3v) is 3.28. The highest BCUT2D eigenvalue weighted by Gasteiger charge is 2.17. The molecular formula is C13H20F2O. The van der Waals surface area contributed by atoms with Crippen molar-refractivity contribution in [1.29, 1.82) is 0 Å². The van der Waals surface area contributed by atoms with Crippen LogP contribution in [0.4, 0.5) is 8.78 Å². The number of rotatable bonds is 6. The number of hydrogen-bond donors (Lipinski definition) is 0. The maximum atomic E-state index is 11.7. The lowest BCUT2D eigenvalue weighted by atomic mass is 9.85. The van der Waals surface area contributed by atoms with Crippen molar-refractivity contribution in [3.8, 4) is 0 Å². The van der Waals surface area contributed by atoms with Crippen molar-refractivity contribution in [2.45, 2.75) is 57.8 Å². The van der Waals surface area contributed by atoms with Gasteiger partial charge in [0.25, 0.3) is 6.08 Å². The van der Waals surface area contributed by atoms with E-state index in [2.05, 4.69) is 0 Å². The minimum atomic E-state index is -1.56. The number of halogens is 2. The van der Waals surface area contributed by atoms with E-state index in [0.717, 1.165) is 57.4 Å². The molecule has 16 heavy (non-hydrogen) atoms. The largest absolute Gasteiger partial charge is 0.300 e. The molecule has 0 amide bonds. The van der Waals surface area contributed by atoms with Crippen molar-refractivity contribution >= 4 is 5.78 Å². The quantitative estimate of drug-likeness (QED) is 0.615. The van der Waals surface area contributed by atoms with Crippen LogP contribution >= 0.6 is 0 Å². The summed E-state index contributed by atoms with van der Waals surface area (Å²) in [4.78, 5) is 11.0. The van der Waals surface area contributed by atoms with E-state index in [1.165, 1.54) is 0 Å². The Hall–Kier alpha value is -0.730. The van der Waals surface area contributed by atoms with Crippen molar-refractivity contribution < 1.29 is 13.6 Å². The number of unbranched alkanes of at least 4 members (excludes halogenated alkanes) is 3. The van der Waals surface area contributed by atoms with Gasteiger partial charge in [0.15, 0.2) is 0 Å². The van der Waals surface area contributed by atoms with Gasteiger partial charge in [0.2, 0.25) is 0 Å². The molecule has 1 fully saturated rings. The highest BCUT2D eigenvalue weighted by molar-refractivity contribution is 5.78. The fourth-order valence-corrected chi connectivity index (χ4v) is 2.25. The molecule has 1 aliphatic rings. The summed E-state index contributed by atoms with van der Waals surface area (Å²) in [6, 6.07) is 0. The summed E-state index contributed by atoms with van der Waals surface area (Å²) in [5.74, 6) is 1.10. The van der Waals surface area contributed by atoms with E-state index in [1.807, 2.05) is 0 Å². The van der Waals surface area contributed by atoms with Crippen LogP contribution in [-0.4, -0.2) is 5.78 Å². The average molecular weight is 230 g/mol. The summed E-state index contributed by atoms with van der Waals surface area (Å²) in [6.07, 6.45) is 7.65. The summed E-state index contributed by atoms with van der Waals surface area (Å²) in [7, 11) is 0. The lowest BCUT2D eigenvalue weighted by Gasteiger charge is -2.20. The molecule has 1 aliphatic carbocycles. The van der Waals surface area contributed by atoms with E-state index in [1.54, 1.807) is 0 Å². The van der Waals surface area contributed by atoms with Crippen LogP contribution in [0.3, 0.4) is 0 Å². The molecule has 1 rings (SSSR count). The summed E-state index contributed by atoms with van der Waals surface area (Å²) < 4.78 is 23.4. The van der Waals surface area contributed by atoms with E-state index in [9.17, 15) is 13.6 Å². The summed E-state index contributed by atoms with van der Waals surface area (Å²) in [6.45, 7) is 0. The van der Waals surface area contributed by atoms with Crippen LogP contribution in [0.5, 0.6) is 0 Å². The smallest absolute Gasteiger partial charge is 0.266 e. The Balaban J connectivity index is 1.95. The normalized spacial score (nSPS) is 17.5. The van der Waals surface area contributed by atoms with Crippen LogP contribution in [0, 0.1) is 5.92 Å². The molecule has 0 bridgehead atoms. The molecule has 0 aliphatic heterocycles. The van der Waals surface area contributed by atoms with Crippen LogP contribution in [0.2, 0.25) is 0 Å². The van der Waals surface area contributed by atoms with E-state index in [4.69, 9.17) is 0 Å². The second-order valence-electron chi connectivity index (χ2n) is 4.61. The molecule has 92 valence electrons. The molecule has 1 saturated carbocycles. The monoisotopic (exact) mass is 230 g/mol. The second kappa shape index (κ2) is 7.53. The van der Waals surface area contributed by atoms with Crippen molar-refractivity contribution in [2.24, 2.45) is 5.92 Å². The van der Waals surface area contributed by atoms with Gasteiger partial charge < -0.3 is 0 Å². The number of ketones is 1. The van der Waals surface area contributed by atoms with Gasteiger partial charge >= 0.3 is 0 Å². The first-order chi connectivity index (χ1) is 7.68. The average Bonchev–Trinajstić information content (AvgIpc) is 2.25. The highest BCUT2D eigenvalue weighted by atomic mass is 19.3. The Morgan fingerprint density at radius 2 is 1.88 bits per heavy atom. The lowest BCUT2D eigenvalue weighted by Crippen LogP contribution is -2.13. The van der Waals surface area contributed by atoms with Gasteiger partial charge in [0, 0.05) is 12.8 Å². The molecule has 0 aromatic rings. The molecule has 0 spiro atoms. The van der Waals surface area contributed by atoms with E-state index >= 15 is 0 Å². The zero-order valence-electron chi connectivity index (χ0n) is 9.68. The van der Waals surface area contributed by atoms with Gasteiger partial charge in [0.05, 0.1) is 0 Å². The molecule has 0 atom stereocenters. The van der Waals surface area contributed by atoms with E-state index < -0.39 is 6.08 Å². The molecule has 0 radical (unpaired) electrons. The first-order valence-corrected chi connectivity index (χ1v) is 6.21. The Labute approximate surface area is 95.9 Å². The zero-order valence-corrected chi connectivity index (χ0v) is 9.68. The maximum Gasteiger partial charge on any atom is 0.266 e. The number of carbonyl (C=O) groups is 1. The minimum Gasteiger partial charge on any atom is -0.300 e. The minimum absolute atomic E-state index is 0.403. The Morgan fingerprint density at radius 1 is 1.19 bits per heavy atom. The lowest BCUT2D eigenvalue weighted by molar-refractivity contribution is -0.121. The predicted octanol–water partition coefficient (Wildman–Crippen LogP) is 4.48. The number of hydrogen-bond acceptors (Lipinski definition) is 1. The molecule has 0 saturated heterocycles. The van der Waals surface area contributed by atoms with Gasteiger partial charge in [-0.1, -0.05) is 19.3 Å². The van der Waals surface area contributed by atoms with Crippen molar-refractivity contribution in [3.63, 3.8) is 0 Å². The fourth-order valence-electron chi connectivity index (χ4n) is 2.25. The molecule has 0 N–H and O–H groups in total. The number of Topliss-reactive ketones (excluding diaryl/α,β-unsaturated/α-hetero) is 1. The van der Waals surface area contributed by atoms with Crippen LogP contribution in [0.1, 0.15) is 57.8 Å². The van der Waals surface area contributed by atoms with Crippen LogP contribution < -0.4 is 0 Å². The molecule has 0 heterocycles. The Bertz CT molecular complexity index is 234.